The molecule has 0 aromatic heterocycles. The third-order valence-corrected chi connectivity index (χ3v) is 2.51. The monoisotopic (exact) mass is 215 g/mol. The number of hydrogen-bond donors (Lipinski definition) is 1. The number of carbonyl (C=O) groups is 1. The predicted octanol–water partition coefficient (Wildman–Crippen LogP) is 2.21. The van der Waals surface area contributed by atoms with Crippen LogP contribution >= 0.6 is 0 Å². The smallest absolute Gasteiger partial charge is 0.217 e. The molecule has 0 bridgehead atoms. The number of ether oxygens (including phenoxy) is 1. The van der Waals surface area contributed by atoms with E-state index >= 15 is 0 Å². The van der Waals surface area contributed by atoms with Crippen LogP contribution in [0.15, 0.2) is 0 Å². The summed E-state index contributed by atoms with van der Waals surface area (Å²) in [5.74, 6) is 0.0131. The maximum atomic E-state index is 11.2. The quantitative estimate of drug-likeness (QED) is 0.781. The van der Waals surface area contributed by atoms with Crippen molar-refractivity contribution < 1.29 is 9.53 Å². The topological polar surface area (TPSA) is 38.3 Å². The van der Waals surface area contributed by atoms with Gasteiger partial charge in [0.05, 0.1) is 6.61 Å². The molecular formula is C12H25NO2. The molecule has 1 amide bonds. The molecule has 0 fully saturated rings. The van der Waals surface area contributed by atoms with Gasteiger partial charge >= 0.3 is 0 Å². The lowest BCUT2D eigenvalue weighted by atomic mass is 9.71. The molecule has 0 aromatic rings. The summed E-state index contributed by atoms with van der Waals surface area (Å²) in [5.41, 5.74) is -0.0492. The average Bonchev–Trinajstić information content (AvgIpc) is 1.97. The molecule has 15 heavy (non-hydrogen) atoms. The summed E-state index contributed by atoms with van der Waals surface area (Å²) in [4.78, 5) is 11.2. The molecule has 0 rings (SSSR count). The average molecular weight is 215 g/mol. The van der Waals surface area contributed by atoms with Gasteiger partial charge < -0.3 is 10.1 Å². The van der Waals surface area contributed by atoms with E-state index in [1.165, 1.54) is 0 Å². The Morgan fingerprint density at radius 3 is 2.00 bits per heavy atom. The third-order valence-electron chi connectivity index (χ3n) is 2.51. The lowest BCUT2D eigenvalue weighted by molar-refractivity contribution is -0.122. The first-order valence-electron chi connectivity index (χ1n) is 5.37. The molecule has 1 N–H and O–H groups in total. The molecule has 0 saturated heterocycles. The van der Waals surface area contributed by atoms with Crippen molar-refractivity contribution in [1.82, 2.24) is 5.32 Å². The van der Waals surface area contributed by atoms with Crippen LogP contribution < -0.4 is 5.32 Å². The minimum atomic E-state index is -0.0708. The number of nitrogens with one attached hydrogen (secondary N) is 1. The second-order valence-electron chi connectivity index (χ2n) is 5.92. The Bertz CT molecular complexity index is 216. The lowest BCUT2D eigenvalue weighted by Gasteiger charge is -2.42. The van der Waals surface area contributed by atoms with E-state index in [2.05, 4.69) is 39.9 Å². The summed E-state index contributed by atoms with van der Waals surface area (Å²) >= 11 is 0. The number of amides is 1. The van der Waals surface area contributed by atoms with Crippen LogP contribution in [0.1, 0.15) is 41.5 Å². The van der Waals surface area contributed by atoms with Crippen LogP contribution in [0.4, 0.5) is 0 Å². The van der Waals surface area contributed by atoms with E-state index in [4.69, 9.17) is 4.74 Å². The van der Waals surface area contributed by atoms with E-state index in [0.29, 0.717) is 6.61 Å². The van der Waals surface area contributed by atoms with Crippen LogP contribution in [-0.2, 0) is 9.53 Å². The van der Waals surface area contributed by atoms with Gasteiger partial charge in [-0.3, -0.25) is 4.79 Å². The molecule has 3 nitrogen and oxygen atoms in total. The summed E-state index contributed by atoms with van der Waals surface area (Å²) in [6, 6.07) is 0.0995. The first-order chi connectivity index (χ1) is 6.61. The predicted molar refractivity (Wildman–Crippen MR) is 62.7 cm³/mol. The van der Waals surface area contributed by atoms with E-state index < -0.39 is 0 Å². The summed E-state index contributed by atoms with van der Waals surface area (Å²) in [6.45, 7) is 12.8. The molecule has 3 heteroatoms. The zero-order chi connectivity index (χ0) is 12.3. The molecule has 0 aliphatic carbocycles. The molecule has 0 saturated carbocycles. The van der Waals surface area contributed by atoms with Gasteiger partial charge in [-0.25, -0.2) is 0 Å². The highest BCUT2D eigenvalue weighted by molar-refractivity contribution is 5.73. The van der Waals surface area contributed by atoms with Gasteiger partial charge in [-0.15, -0.1) is 0 Å². The maximum Gasteiger partial charge on any atom is 0.217 e. The zero-order valence-electron chi connectivity index (χ0n) is 11.1. The molecular weight excluding hydrogens is 190 g/mol. The zero-order valence-corrected chi connectivity index (χ0v) is 11.1. The van der Waals surface area contributed by atoms with Crippen LogP contribution in [0, 0.1) is 10.8 Å². The number of hydrogen-bond acceptors (Lipinski definition) is 2. The van der Waals surface area contributed by atoms with E-state index in [9.17, 15) is 4.79 Å². The molecule has 0 aromatic carbocycles. The highest BCUT2D eigenvalue weighted by Crippen LogP contribution is 2.33. The summed E-state index contributed by atoms with van der Waals surface area (Å²) in [7, 11) is 1.69. The maximum absolute atomic E-state index is 11.2. The van der Waals surface area contributed by atoms with Crippen molar-refractivity contribution >= 4 is 5.91 Å². The van der Waals surface area contributed by atoms with Crippen molar-refractivity contribution in [2.45, 2.75) is 47.6 Å². The van der Waals surface area contributed by atoms with Gasteiger partial charge in [0.15, 0.2) is 0 Å². The van der Waals surface area contributed by atoms with E-state index in [0.717, 1.165) is 0 Å². The standard InChI is InChI=1S/C12H25NO2/c1-9(14)13-10(11(2,3)4)12(5,6)8-15-7/h10H,8H2,1-7H3,(H,13,14). The minimum absolute atomic E-state index is 0.0131. The second-order valence-corrected chi connectivity index (χ2v) is 5.92. The van der Waals surface area contributed by atoms with Crippen LogP contribution in [0.2, 0.25) is 0 Å². The summed E-state index contributed by atoms with van der Waals surface area (Å²) < 4.78 is 5.21. The molecule has 0 aliphatic rings. The lowest BCUT2D eigenvalue weighted by Crippen LogP contribution is -2.53. The highest BCUT2D eigenvalue weighted by Gasteiger charge is 2.38. The van der Waals surface area contributed by atoms with Crippen LogP contribution in [-0.4, -0.2) is 25.7 Å². The van der Waals surface area contributed by atoms with Gasteiger partial charge in [-0.05, 0) is 5.41 Å². The largest absolute Gasteiger partial charge is 0.384 e. The molecule has 0 heterocycles. The van der Waals surface area contributed by atoms with Crippen molar-refractivity contribution in [2.24, 2.45) is 10.8 Å². The van der Waals surface area contributed by atoms with E-state index in [1.54, 1.807) is 14.0 Å². The molecule has 1 atom stereocenters. The SMILES string of the molecule is COCC(C)(C)C(NC(C)=O)C(C)(C)C. The van der Waals surface area contributed by atoms with Crippen molar-refractivity contribution in [1.29, 1.82) is 0 Å². The molecule has 1 unspecified atom stereocenters. The second kappa shape index (κ2) is 4.97. The Morgan fingerprint density at radius 1 is 1.27 bits per heavy atom. The van der Waals surface area contributed by atoms with Crippen molar-refractivity contribution in [2.75, 3.05) is 13.7 Å². The Hall–Kier alpha value is -0.570. The molecule has 0 spiro atoms. The molecule has 0 aliphatic heterocycles. The first kappa shape index (κ1) is 14.4. The van der Waals surface area contributed by atoms with Gasteiger partial charge in [-0.1, -0.05) is 34.6 Å². The van der Waals surface area contributed by atoms with Crippen LogP contribution in [0.25, 0.3) is 0 Å². The van der Waals surface area contributed by atoms with Gasteiger partial charge in [0.1, 0.15) is 0 Å². The number of carbonyl (C=O) groups excluding carboxylic acids is 1. The summed E-state index contributed by atoms with van der Waals surface area (Å²) in [5, 5.41) is 3.03. The molecule has 90 valence electrons. The number of methoxy groups -OCH3 is 1. The Kier molecular flexibility index (Phi) is 4.78. The van der Waals surface area contributed by atoms with Crippen LogP contribution in [0.5, 0.6) is 0 Å². The van der Waals surface area contributed by atoms with Crippen molar-refractivity contribution in [3.05, 3.63) is 0 Å². The van der Waals surface area contributed by atoms with Gasteiger partial charge in [0.2, 0.25) is 5.91 Å². The highest BCUT2D eigenvalue weighted by atomic mass is 16.5. The molecule has 0 radical (unpaired) electrons. The van der Waals surface area contributed by atoms with Gasteiger partial charge in [-0.2, -0.15) is 0 Å². The third kappa shape index (κ3) is 4.65. The fourth-order valence-corrected chi connectivity index (χ4v) is 2.24. The van der Waals surface area contributed by atoms with Gasteiger partial charge in [0.25, 0.3) is 0 Å². The van der Waals surface area contributed by atoms with Crippen molar-refractivity contribution in [3.8, 4) is 0 Å². The normalized spacial score (nSPS) is 14.9. The fourth-order valence-electron chi connectivity index (χ4n) is 2.24. The Labute approximate surface area is 93.6 Å². The van der Waals surface area contributed by atoms with Gasteiger partial charge in [0, 0.05) is 25.5 Å². The fraction of sp³-hybridized carbons (Fsp3) is 0.917. The van der Waals surface area contributed by atoms with E-state index in [1.807, 2.05) is 0 Å². The summed E-state index contributed by atoms with van der Waals surface area (Å²) in [6.07, 6.45) is 0. The van der Waals surface area contributed by atoms with Crippen LogP contribution in [0.3, 0.4) is 0 Å². The number of rotatable bonds is 4. The van der Waals surface area contributed by atoms with Crippen molar-refractivity contribution in [3.63, 3.8) is 0 Å². The first-order valence-corrected chi connectivity index (χ1v) is 5.37. The van der Waals surface area contributed by atoms with E-state index in [-0.39, 0.29) is 22.8 Å². The Balaban J connectivity index is 4.84. The Morgan fingerprint density at radius 2 is 1.73 bits per heavy atom. The minimum Gasteiger partial charge on any atom is -0.384 e.